The van der Waals surface area contributed by atoms with E-state index in [1.54, 1.807) is 14.2 Å². The summed E-state index contributed by atoms with van der Waals surface area (Å²) in [7, 11) is 0.868. The van der Waals surface area contributed by atoms with E-state index < -0.39 is 8.80 Å². The summed E-state index contributed by atoms with van der Waals surface area (Å²) in [4.78, 5) is 0. The van der Waals surface area contributed by atoms with Crippen LogP contribution in [0.1, 0.15) is 19.3 Å². The molecule has 15 heavy (non-hydrogen) atoms. The van der Waals surface area contributed by atoms with Crippen LogP contribution in [0.15, 0.2) is 0 Å². The average molecular weight is 253 g/mol. The number of thiol groups is 1. The van der Waals surface area contributed by atoms with Crippen LogP contribution >= 0.6 is 12.6 Å². The second-order valence-corrected chi connectivity index (χ2v) is 6.68. The van der Waals surface area contributed by atoms with Gasteiger partial charge in [-0.1, -0.05) is 0 Å². The zero-order valence-corrected chi connectivity index (χ0v) is 11.6. The maximum Gasteiger partial charge on any atom is 0.500 e. The molecule has 0 aromatic rings. The van der Waals surface area contributed by atoms with Crippen LogP contribution in [0.25, 0.3) is 0 Å². The molecular formula is C9H23NO3SSi. The molecule has 2 N–H and O–H groups in total. The second-order valence-electron chi connectivity index (χ2n) is 3.26. The van der Waals surface area contributed by atoms with E-state index in [1.165, 1.54) is 0 Å². The molecule has 0 saturated heterocycles. The molecule has 0 bridgehead atoms. The number of rotatable bonds is 10. The molecule has 0 aromatic carbocycles. The van der Waals surface area contributed by atoms with Crippen molar-refractivity contribution in [2.75, 3.05) is 33.1 Å². The molecule has 92 valence electrons. The normalized spacial score (nSPS) is 12.0. The predicted molar refractivity (Wildman–Crippen MR) is 67.3 cm³/mol. The van der Waals surface area contributed by atoms with Gasteiger partial charge in [0.2, 0.25) is 0 Å². The Kier molecular flexibility index (Phi) is 9.88. The van der Waals surface area contributed by atoms with Gasteiger partial charge < -0.3 is 19.0 Å². The monoisotopic (exact) mass is 253 g/mol. The molecule has 0 rings (SSSR count). The van der Waals surface area contributed by atoms with E-state index in [2.05, 4.69) is 12.6 Å². The highest BCUT2D eigenvalue weighted by Crippen LogP contribution is 2.16. The Labute approximate surface area is 99.2 Å². The van der Waals surface area contributed by atoms with Crippen LogP contribution in [0, 0.1) is 0 Å². The number of nitrogens with two attached hydrogens (primary N) is 1. The molecule has 0 atom stereocenters. The summed E-state index contributed by atoms with van der Waals surface area (Å²) in [6.07, 6.45) is 2.92. The smallest absolute Gasteiger partial charge is 0.377 e. The lowest BCUT2D eigenvalue weighted by Crippen LogP contribution is -2.44. The minimum atomic E-state index is -2.42. The quantitative estimate of drug-likeness (QED) is 0.350. The zero-order valence-electron chi connectivity index (χ0n) is 9.70. The summed E-state index contributed by atoms with van der Waals surface area (Å²) in [5, 5.41) is 0. The summed E-state index contributed by atoms with van der Waals surface area (Å²) in [5.41, 5.74) is 5.47. The highest BCUT2D eigenvalue weighted by molar-refractivity contribution is 7.80. The Morgan fingerprint density at radius 2 is 1.80 bits per heavy atom. The molecule has 0 unspecified atom stereocenters. The van der Waals surface area contributed by atoms with Gasteiger partial charge in [0.05, 0.1) is 0 Å². The van der Waals surface area contributed by atoms with Crippen LogP contribution in [0.3, 0.4) is 0 Å². The third-order valence-corrected chi connectivity index (χ3v) is 5.35. The highest BCUT2D eigenvalue weighted by atomic mass is 32.1. The van der Waals surface area contributed by atoms with Crippen molar-refractivity contribution in [2.45, 2.75) is 25.3 Å². The van der Waals surface area contributed by atoms with Gasteiger partial charge in [-0.05, 0) is 31.6 Å². The molecule has 0 radical (unpaired) electrons. The largest absolute Gasteiger partial charge is 0.500 e. The molecule has 0 spiro atoms. The predicted octanol–water partition coefficient (Wildman–Crippen LogP) is 1.29. The maximum absolute atomic E-state index is 5.74. The van der Waals surface area contributed by atoms with Gasteiger partial charge in [0.15, 0.2) is 0 Å². The van der Waals surface area contributed by atoms with Crippen molar-refractivity contribution in [1.29, 1.82) is 0 Å². The van der Waals surface area contributed by atoms with Crippen LogP contribution in [0.2, 0.25) is 6.04 Å². The topological polar surface area (TPSA) is 53.7 Å². The summed E-state index contributed by atoms with van der Waals surface area (Å²) in [5.74, 6) is 0.890. The summed E-state index contributed by atoms with van der Waals surface area (Å²) < 4.78 is 16.5. The SMILES string of the molecule is CO[Si](CCCN)(OC)OCCCCS. The molecule has 0 heterocycles. The van der Waals surface area contributed by atoms with Crippen molar-refractivity contribution in [2.24, 2.45) is 5.73 Å². The number of hydrogen-bond acceptors (Lipinski definition) is 5. The van der Waals surface area contributed by atoms with Gasteiger partial charge in [0.1, 0.15) is 0 Å². The minimum Gasteiger partial charge on any atom is -0.377 e. The number of unbranched alkanes of at least 4 members (excludes halogenated alkanes) is 1. The molecule has 4 nitrogen and oxygen atoms in total. The van der Waals surface area contributed by atoms with E-state index in [4.69, 9.17) is 19.0 Å². The van der Waals surface area contributed by atoms with Crippen molar-refractivity contribution in [3.8, 4) is 0 Å². The lowest BCUT2D eigenvalue weighted by Gasteiger charge is -2.26. The Bertz CT molecular complexity index is 147. The van der Waals surface area contributed by atoms with Crippen molar-refractivity contribution >= 4 is 21.4 Å². The van der Waals surface area contributed by atoms with Crippen LogP contribution in [0.5, 0.6) is 0 Å². The Morgan fingerprint density at radius 3 is 2.27 bits per heavy atom. The van der Waals surface area contributed by atoms with E-state index in [-0.39, 0.29) is 0 Å². The van der Waals surface area contributed by atoms with Crippen LogP contribution in [-0.2, 0) is 13.3 Å². The molecular weight excluding hydrogens is 230 g/mol. The summed E-state index contributed by atoms with van der Waals surface area (Å²) in [6.45, 7) is 1.32. The molecule has 6 heteroatoms. The van der Waals surface area contributed by atoms with Crippen molar-refractivity contribution in [1.82, 2.24) is 0 Å². The van der Waals surface area contributed by atoms with Crippen molar-refractivity contribution in [3.63, 3.8) is 0 Å². The van der Waals surface area contributed by atoms with Crippen LogP contribution in [0.4, 0.5) is 0 Å². The molecule has 0 saturated carbocycles. The van der Waals surface area contributed by atoms with E-state index in [9.17, 15) is 0 Å². The summed E-state index contributed by atoms with van der Waals surface area (Å²) >= 11 is 4.14. The van der Waals surface area contributed by atoms with Crippen molar-refractivity contribution < 1.29 is 13.3 Å². The fourth-order valence-electron chi connectivity index (χ4n) is 1.24. The second kappa shape index (κ2) is 9.62. The standard InChI is InChI=1S/C9H23NO3SSi/c1-11-15(12-2,9-5-6-10)13-7-3-4-8-14/h14H,3-10H2,1-2H3. The van der Waals surface area contributed by atoms with Crippen LogP contribution in [-0.4, -0.2) is 41.9 Å². The first-order chi connectivity index (χ1) is 7.24. The third-order valence-electron chi connectivity index (χ3n) is 2.18. The maximum atomic E-state index is 5.74. The third kappa shape index (κ3) is 6.55. The van der Waals surface area contributed by atoms with Gasteiger partial charge in [-0.3, -0.25) is 0 Å². The molecule has 0 aliphatic rings. The molecule has 0 aliphatic carbocycles. The first-order valence-corrected chi connectivity index (χ1v) is 7.86. The van der Waals surface area contributed by atoms with Crippen LogP contribution < -0.4 is 5.73 Å². The van der Waals surface area contributed by atoms with Gasteiger partial charge in [-0.15, -0.1) is 0 Å². The molecule has 0 aromatic heterocycles. The summed E-state index contributed by atoms with van der Waals surface area (Å²) in [6, 6.07) is 0.789. The highest BCUT2D eigenvalue weighted by Gasteiger charge is 2.37. The first kappa shape index (κ1) is 15.4. The molecule has 0 amide bonds. The minimum absolute atomic E-state index is 0.640. The zero-order chi connectivity index (χ0) is 11.6. The van der Waals surface area contributed by atoms with E-state index in [0.717, 1.165) is 31.1 Å². The van der Waals surface area contributed by atoms with Gasteiger partial charge in [0, 0.05) is 26.9 Å². The van der Waals surface area contributed by atoms with E-state index in [0.29, 0.717) is 13.2 Å². The molecule has 0 aliphatic heterocycles. The molecule has 0 fully saturated rings. The van der Waals surface area contributed by atoms with Gasteiger partial charge in [0.25, 0.3) is 0 Å². The Hall–Kier alpha value is 0.407. The fourth-order valence-corrected chi connectivity index (χ4v) is 3.51. The van der Waals surface area contributed by atoms with Gasteiger partial charge in [-0.2, -0.15) is 12.6 Å². The van der Waals surface area contributed by atoms with Gasteiger partial charge >= 0.3 is 8.80 Å². The number of hydrogen-bond donors (Lipinski definition) is 2. The Morgan fingerprint density at radius 1 is 1.13 bits per heavy atom. The lowest BCUT2D eigenvalue weighted by atomic mass is 10.4. The average Bonchev–Trinajstić information content (AvgIpc) is 2.29. The van der Waals surface area contributed by atoms with Crippen molar-refractivity contribution in [3.05, 3.63) is 0 Å². The first-order valence-electron chi connectivity index (χ1n) is 5.30. The van der Waals surface area contributed by atoms with E-state index >= 15 is 0 Å². The fraction of sp³-hybridized carbons (Fsp3) is 1.00. The van der Waals surface area contributed by atoms with Gasteiger partial charge in [-0.25, -0.2) is 0 Å². The lowest BCUT2D eigenvalue weighted by molar-refractivity contribution is 0.0966. The Balaban J connectivity index is 3.88. The van der Waals surface area contributed by atoms with E-state index in [1.807, 2.05) is 0 Å².